The minimum atomic E-state index is -0.843. The van der Waals surface area contributed by atoms with E-state index in [2.05, 4.69) is 21.0 Å². The number of halogens is 1. The Kier molecular flexibility index (Phi) is 7.47. The van der Waals surface area contributed by atoms with Crippen molar-refractivity contribution in [3.63, 3.8) is 0 Å². The third kappa shape index (κ3) is 5.28. The van der Waals surface area contributed by atoms with E-state index in [4.69, 9.17) is 23.6 Å². The van der Waals surface area contributed by atoms with Gasteiger partial charge in [0.15, 0.2) is 11.9 Å². The van der Waals surface area contributed by atoms with Crippen LogP contribution in [-0.2, 0) is 9.53 Å². The smallest absolute Gasteiger partial charge is 0.347 e. The normalized spacial score (nSPS) is 12.2. The molecule has 198 valence electrons. The molecule has 1 atom stereocenters. The first-order valence-corrected chi connectivity index (χ1v) is 12.9. The van der Waals surface area contributed by atoms with Crippen molar-refractivity contribution < 1.29 is 23.4 Å². The van der Waals surface area contributed by atoms with Gasteiger partial charge in [-0.2, -0.15) is 9.78 Å². The number of para-hydroxylation sites is 1. The Morgan fingerprint density at radius 2 is 1.92 bits per heavy atom. The van der Waals surface area contributed by atoms with E-state index in [-0.39, 0.29) is 18.0 Å². The van der Waals surface area contributed by atoms with Crippen LogP contribution in [0.1, 0.15) is 19.4 Å². The maximum Gasteiger partial charge on any atom is 0.347 e. The highest BCUT2D eigenvalue weighted by atomic mass is 79.9. The molecule has 5 rings (SSSR count). The van der Waals surface area contributed by atoms with Gasteiger partial charge >= 0.3 is 5.97 Å². The van der Waals surface area contributed by atoms with E-state index >= 15 is 0 Å². The lowest BCUT2D eigenvalue weighted by molar-refractivity contribution is -0.150. The second kappa shape index (κ2) is 11.1. The molecule has 0 spiro atoms. The van der Waals surface area contributed by atoms with E-state index in [1.807, 2.05) is 24.3 Å². The van der Waals surface area contributed by atoms with E-state index in [1.54, 1.807) is 63.4 Å². The number of fused-ring (bicyclic) bond motifs is 2. The molecule has 2 aromatic heterocycles. The molecule has 0 aliphatic carbocycles. The number of methoxy groups -OCH3 is 1. The van der Waals surface area contributed by atoms with Crippen molar-refractivity contribution >= 4 is 50.0 Å². The average Bonchev–Trinajstić information content (AvgIpc) is 3.38. The van der Waals surface area contributed by atoms with E-state index < -0.39 is 12.1 Å². The summed E-state index contributed by atoms with van der Waals surface area (Å²) in [6.07, 6.45) is 0.632. The topological polar surface area (TPSA) is 105 Å². The number of carbonyl (C=O) groups is 1. The molecular weight excluding hydrogens is 566 g/mol. The van der Waals surface area contributed by atoms with Crippen LogP contribution in [0.5, 0.6) is 11.5 Å². The monoisotopic (exact) mass is 589 g/mol. The number of benzene rings is 3. The van der Waals surface area contributed by atoms with Crippen LogP contribution in [0.15, 0.2) is 85.5 Å². The summed E-state index contributed by atoms with van der Waals surface area (Å²) in [4.78, 5) is 30.5. The SMILES string of the molecule is CCOC(=O)[C@H](C)Oc1ccc(Br)cc1C=Nn1c(-c2cc3c(OC)cccc3o2)nc2ccccc2c1=O. The van der Waals surface area contributed by atoms with Crippen molar-refractivity contribution in [1.29, 1.82) is 0 Å². The van der Waals surface area contributed by atoms with Gasteiger partial charge < -0.3 is 18.6 Å². The summed E-state index contributed by atoms with van der Waals surface area (Å²) < 4.78 is 24.4. The Morgan fingerprint density at radius 1 is 1.10 bits per heavy atom. The van der Waals surface area contributed by atoms with Crippen molar-refractivity contribution in [3.8, 4) is 23.1 Å². The van der Waals surface area contributed by atoms with Crippen LogP contribution in [0, 0.1) is 0 Å². The standard InChI is InChI=1S/C29H24BrN3O6/c1-4-37-29(35)17(2)38-23-13-12-19(30)14-18(23)16-31-33-27(32-22-9-6-5-8-20(22)28(33)34)26-15-21-24(36-3)10-7-11-25(21)39-26/h5-17H,4H2,1-3H3/t17-/m0/s1. The highest BCUT2D eigenvalue weighted by Crippen LogP contribution is 2.33. The van der Waals surface area contributed by atoms with Crippen molar-refractivity contribution in [2.45, 2.75) is 20.0 Å². The summed E-state index contributed by atoms with van der Waals surface area (Å²) in [6.45, 7) is 3.58. The van der Waals surface area contributed by atoms with Crippen LogP contribution in [-0.4, -0.2) is 41.7 Å². The largest absolute Gasteiger partial charge is 0.496 e. The molecule has 5 aromatic rings. The zero-order valence-electron chi connectivity index (χ0n) is 21.4. The van der Waals surface area contributed by atoms with Crippen LogP contribution >= 0.6 is 15.9 Å². The lowest BCUT2D eigenvalue weighted by Crippen LogP contribution is -2.26. The Hall–Kier alpha value is -4.44. The van der Waals surface area contributed by atoms with E-state index in [0.29, 0.717) is 39.3 Å². The molecule has 9 nitrogen and oxygen atoms in total. The Balaban J connectivity index is 1.64. The zero-order chi connectivity index (χ0) is 27.5. The molecule has 2 heterocycles. The highest BCUT2D eigenvalue weighted by molar-refractivity contribution is 9.10. The molecule has 0 radical (unpaired) electrons. The summed E-state index contributed by atoms with van der Waals surface area (Å²) in [6, 6.07) is 19.5. The first kappa shape index (κ1) is 26.2. The van der Waals surface area contributed by atoms with Gasteiger partial charge in [0.2, 0.25) is 5.82 Å². The molecule has 0 saturated heterocycles. The fourth-order valence-electron chi connectivity index (χ4n) is 4.06. The van der Waals surface area contributed by atoms with Crippen molar-refractivity contribution in [3.05, 3.63) is 87.1 Å². The first-order chi connectivity index (χ1) is 18.9. The van der Waals surface area contributed by atoms with Crippen LogP contribution in [0.3, 0.4) is 0 Å². The lowest BCUT2D eigenvalue weighted by Gasteiger charge is -2.15. The second-order valence-corrected chi connectivity index (χ2v) is 9.41. The minimum Gasteiger partial charge on any atom is -0.496 e. The van der Waals surface area contributed by atoms with Gasteiger partial charge in [-0.15, -0.1) is 0 Å². The molecule has 0 N–H and O–H groups in total. The molecule has 3 aromatic carbocycles. The fraction of sp³-hybridized carbons (Fsp3) is 0.172. The molecule has 0 unspecified atom stereocenters. The number of furan rings is 1. The summed E-state index contributed by atoms with van der Waals surface area (Å²) in [5.74, 6) is 1.09. The third-order valence-electron chi connectivity index (χ3n) is 5.92. The third-order valence-corrected chi connectivity index (χ3v) is 6.42. The minimum absolute atomic E-state index is 0.213. The van der Waals surface area contributed by atoms with E-state index in [0.717, 1.165) is 9.86 Å². The highest BCUT2D eigenvalue weighted by Gasteiger charge is 2.19. The van der Waals surface area contributed by atoms with Gasteiger partial charge in [0, 0.05) is 10.0 Å². The molecule has 0 aliphatic heterocycles. The Bertz CT molecular complexity index is 1770. The number of hydrogen-bond acceptors (Lipinski definition) is 8. The quantitative estimate of drug-likeness (QED) is 0.166. The molecule has 0 fully saturated rings. The van der Waals surface area contributed by atoms with Gasteiger partial charge in [-0.3, -0.25) is 4.79 Å². The number of carbonyl (C=O) groups excluding carboxylic acids is 1. The predicted octanol–water partition coefficient (Wildman–Crippen LogP) is 5.79. The molecule has 39 heavy (non-hydrogen) atoms. The van der Waals surface area contributed by atoms with Gasteiger partial charge in [0.25, 0.3) is 5.56 Å². The van der Waals surface area contributed by atoms with Gasteiger partial charge in [0.1, 0.15) is 17.1 Å². The first-order valence-electron chi connectivity index (χ1n) is 12.2. The van der Waals surface area contributed by atoms with E-state index in [9.17, 15) is 9.59 Å². The number of rotatable bonds is 8. The van der Waals surface area contributed by atoms with Crippen molar-refractivity contribution in [1.82, 2.24) is 9.66 Å². The summed E-state index contributed by atoms with van der Waals surface area (Å²) >= 11 is 3.46. The second-order valence-electron chi connectivity index (χ2n) is 8.49. The predicted molar refractivity (Wildman–Crippen MR) is 152 cm³/mol. The van der Waals surface area contributed by atoms with Crippen LogP contribution in [0.2, 0.25) is 0 Å². The zero-order valence-corrected chi connectivity index (χ0v) is 23.0. The van der Waals surface area contributed by atoms with Gasteiger partial charge in [-0.25, -0.2) is 9.78 Å². The number of hydrogen-bond donors (Lipinski definition) is 0. The number of nitrogens with zero attached hydrogens (tertiary/aromatic N) is 3. The summed E-state index contributed by atoms with van der Waals surface area (Å²) in [5, 5.41) is 5.65. The molecular formula is C29H24BrN3O6. The molecule has 10 heteroatoms. The Labute approximate surface area is 231 Å². The summed E-state index contributed by atoms with van der Waals surface area (Å²) in [5.41, 5.74) is 1.23. The fourth-order valence-corrected chi connectivity index (χ4v) is 4.44. The molecule has 0 amide bonds. The number of aromatic nitrogens is 2. The molecule has 0 bridgehead atoms. The summed E-state index contributed by atoms with van der Waals surface area (Å²) in [7, 11) is 1.58. The maximum absolute atomic E-state index is 13.6. The Morgan fingerprint density at radius 3 is 2.72 bits per heavy atom. The molecule has 0 aliphatic rings. The van der Waals surface area contributed by atoms with Gasteiger partial charge in [-0.1, -0.05) is 34.1 Å². The van der Waals surface area contributed by atoms with Gasteiger partial charge in [0.05, 0.1) is 36.2 Å². The van der Waals surface area contributed by atoms with Crippen LogP contribution < -0.4 is 15.0 Å². The van der Waals surface area contributed by atoms with Crippen LogP contribution in [0.25, 0.3) is 33.5 Å². The maximum atomic E-state index is 13.6. The van der Waals surface area contributed by atoms with Crippen molar-refractivity contribution in [2.75, 3.05) is 13.7 Å². The lowest BCUT2D eigenvalue weighted by atomic mass is 10.2. The average molecular weight is 590 g/mol. The number of ether oxygens (including phenoxy) is 3. The van der Waals surface area contributed by atoms with Crippen molar-refractivity contribution in [2.24, 2.45) is 5.10 Å². The van der Waals surface area contributed by atoms with Crippen LogP contribution in [0.4, 0.5) is 0 Å². The van der Waals surface area contributed by atoms with E-state index in [1.165, 1.54) is 10.9 Å². The number of esters is 1. The molecule has 0 saturated carbocycles. The van der Waals surface area contributed by atoms with Gasteiger partial charge in [-0.05, 0) is 62.4 Å².